The van der Waals surface area contributed by atoms with Crippen molar-refractivity contribution in [3.63, 3.8) is 0 Å². The fourth-order valence-corrected chi connectivity index (χ4v) is 2.09. The summed E-state index contributed by atoms with van der Waals surface area (Å²) in [6.07, 6.45) is 0.694. The maximum atomic E-state index is 11.2. The summed E-state index contributed by atoms with van der Waals surface area (Å²) >= 11 is 0. The van der Waals surface area contributed by atoms with E-state index >= 15 is 0 Å². The largest absolute Gasteiger partial charge is 0.491 e. The summed E-state index contributed by atoms with van der Waals surface area (Å²) in [5.74, 6) is -0.113. The van der Waals surface area contributed by atoms with Crippen LogP contribution in [-0.2, 0) is 11.2 Å². The van der Waals surface area contributed by atoms with Crippen molar-refractivity contribution >= 4 is 11.7 Å². The van der Waals surface area contributed by atoms with E-state index < -0.39 is 11.4 Å². The fourth-order valence-electron chi connectivity index (χ4n) is 2.09. The predicted octanol–water partition coefficient (Wildman–Crippen LogP) is 1.93. The number of carboxylic acids is 1. The number of nitrogen functional groups attached to an aromatic ring is 1. The minimum absolute atomic E-state index is 0.0331. The lowest BCUT2D eigenvalue weighted by atomic mass is 9.75. The molecule has 3 N–H and O–H groups in total. The van der Waals surface area contributed by atoms with Crippen LogP contribution in [0.3, 0.4) is 0 Å². The monoisotopic (exact) mass is 235 g/mol. The number of benzene rings is 1. The van der Waals surface area contributed by atoms with Crippen LogP contribution in [0.1, 0.15) is 19.4 Å². The van der Waals surface area contributed by atoms with E-state index in [-0.39, 0.29) is 5.92 Å². The Labute approximate surface area is 100 Å². The molecule has 0 amide bonds. The van der Waals surface area contributed by atoms with Gasteiger partial charge in [-0.15, -0.1) is 0 Å². The Morgan fingerprint density at radius 2 is 2.24 bits per heavy atom. The molecule has 1 aliphatic rings. The normalized spacial score (nSPS) is 19.3. The van der Waals surface area contributed by atoms with Gasteiger partial charge in [0.05, 0.1) is 17.7 Å². The molecule has 0 aliphatic carbocycles. The fraction of sp³-hybridized carbons (Fsp3) is 0.462. The molecule has 4 nitrogen and oxygen atoms in total. The van der Waals surface area contributed by atoms with Gasteiger partial charge in [0.1, 0.15) is 5.75 Å². The molecular weight excluding hydrogens is 218 g/mol. The van der Waals surface area contributed by atoms with Crippen LogP contribution in [0, 0.1) is 11.3 Å². The van der Waals surface area contributed by atoms with E-state index in [0.717, 1.165) is 5.56 Å². The van der Waals surface area contributed by atoms with Gasteiger partial charge in [0.25, 0.3) is 0 Å². The Kier molecular flexibility index (Phi) is 2.73. The molecule has 1 heterocycles. The van der Waals surface area contributed by atoms with Gasteiger partial charge in [0.15, 0.2) is 0 Å². The van der Waals surface area contributed by atoms with Crippen LogP contribution in [0.4, 0.5) is 5.69 Å². The van der Waals surface area contributed by atoms with Crippen molar-refractivity contribution in [3.05, 3.63) is 23.8 Å². The third-order valence-electron chi connectivity index (χ3n) is 3.59. The van der Waals surface area contributed by atoms with Crippen molar-refractivity contribution in [2.45, 2.75) is 20.3 Å². The molecule has 1 unspecified atom stereocenters. The molecule has 0 spiro atoms. The second-order valence-corrected chi connectivity index (χ2v) is 5.07. The van der Waals surface area contributed by atoms with Crippen LogP contribution in [-0.4, -0.2) is 17.7 Å². The van der Waals surface area contributed by atoms with Crippen molar-refractivity contribution in [1.82, 2.24) is 0 Å². The van der Waals surface area contributed by atoms with Gasteiger partial charge in [0.2, 0.25) is 0 Å². The Morgan fingerprint density at radius 1 is 1.53 bits per heavy atom. The third-order valence-corrected chi connectivity index (χ3v) is 3.59. The van der Waals surface area contributed by atoms with Crippen molar-refractivity contribution in [1.29, 1.82) is 0 Å². The molecule has 92 valence electrons. The molecule has 1 atom stereocenters. The lowest BCUT2D eigenvalue weighted by molar-refractivity contribution is -0.151. The van der Waals surface area contributed by atoms with Gasteiger partial charge in [-0.2, -0.15) is 0 Å². The van der Waals surface area contributed by atoms with Crippen LogP contribution in [0.25, 0.3) is 0 Å². The highest BCUT2D eigenvalue weighted by atomic mass is 16.5. The van der Waals surface area contributed by atoms with E-state index in [0.29, 0.717) is 24.5 Å². The molecule has 0 bridgehead atoms. The first-order valence-electron chi connectivity index (χ1n) is 5.66. The molecule has 1 aliphatic heterocycles. The number of anilines is 1. The Balaban J connectivity index is 2.28. The van der Waals surface area contributed by atoms with E-state index in [1.54, 1.807) is 19.9 Å². The predicted molar refractivity (Wildman–Crippen MR) is 65.0 cm³/mol. The first-order valence-corrected chi connectivity index (χ1v) is 5.66. The third kappa shape index (κ3) is 1.95. The zero-order chi connectivity index (χ0) is 12.6. The smallest absolute Gasteiger partial charge is 0.309 e. The summed E-state index contributed by atoms with van der Waals surface area (Å²) < 4.78 is 5.62. The molecule has 0 radical (unpaired) electrons. The Bertz CT molecular complexity index is 454. The molecule has 1 aromatic carbocycles. The summed E-state index contributed by atoms with van der Waals surface area (Å²) in [4.78, 5) is 11.2. The highest BCUT2D eigenvalue weighted by Gasteiger charge is 2.39. The number of carbonyl (C=O) groups is 1. The van der Waals surface area contributed by atoms with Gasteiger partial charge < -0.3 is 15.6 Å². The van der Waals surface area contributed by atoms with Gasteiger partial charge in [-0.05, 0) is 31.9 Å². The number of hydrogen-bond donors (Lipinski definition) is 2. The summed E-state index contributed by atoms with van der Waals surface area (Å²) in [5, 5.41) is 9.22. The average Bonchev–Trinajstić information content (AvgIpc) is 2.28. The van der Waals surface area contributed by atoms with Gasteiger partial charge >= 0.3 is 5.97 Å². The van der Waals surface area contributed by atoms with E-state index in [4.69, 9.17) is 10.5 Å². The van der Waals surface area contributed by atoms with E-state index in [1.165, 1.54) is 0 Å². The Hall–Kier alpha value is -1.71. The second kappa shape index (κ2) is 3.95. The molecule has 0 fully saturated rings. The second-order valence-electron chi connectivity index (χ2n) is 5.07. The topological polar surface area (TPSA) is 72.5 Å². The number of carboxylic acid groups (broad SMARTS) is 1. The van der Waals surface area contributed by atoms with Gasteiger partial charge in [-0.1, -0.05) is 12.1 Å². The van der Waals surface area contributed by atoms with Gasteiger partial charge in [-0.25, -0.2) is 0 Å². The molecule has 2 rings (SSSR count). The van der Waals surface area contributed by atoms with Crippen molar-refractivity contribution in [2.75, 3.05) is 12.3 Å². The molecule has 17 heavy (non-hydrogen) atoms. The van der Waals surface area contributed by atoms with Crippen molar-refractivity contribution in [3.8, 4) is 5.75 Å². The first kappa shape index (κ1) is 11.8. The molecule has 0 saturated carbocycles. The van der Waals surface area contributed by atoms with Crippen LogP contribution in [0.15, 0.2) is 18.2 Å². The van der Waals surface area contributed by atoms with Crippen molar-refractivity contribution < 1.29 is 14.6 Å². The van der Waals surface area contributed by atoms with Crippen LogP contribution in [0.2, 0.25) is 0 Å². The highest BCUT2D eigenvalue weighted by Crippen LogP contribution is 2.39. The summed E-state index contributed by atoms with van der Waals surface area (Å²) in [7, 11) is 0. The lowest BCUT2D eigenvalue weighted by Crippen LogP contribution is -2.39. The average molecular weight is 235 g/mol. The van der Waals surface area contributed by atoms with Crippen molar-refractivity contribution in [2.24, 2.45) is 11.3 Å². The number of para-hydroxylation sites is 1. The summed E-state index contributed by atoms with van der Waals surface area (Å²) in [6.45, 7) is 3.88. The van der Waals surface area contributed by atoms with Gasteiger partial charge in [0, 0.05) is 5.92 Å². The number of aliphatic carboxylic acids is 1. The van der Waals surface area contributed by atoms with Crippen LogP contribution in [0.5, 0.6) is 5.75 Å². The molecule has 0 aromatic heterocycles. The maximum absolute atomic E-state index is 11.2. The number of nitrogens with two attached hydrogens (primary N) is 1. The standard InChI is InChI=1S/C13H17NO3/c1-13(2,12(15)16)9-6-8-4-3-5-10(14)11(8)17-7-9/h3-5,9H,6-7,14H2,1-2H3,(H,15,16). The van der Waals surface area contributed by atoms with Crippen LogP contribution >= 0.6 is 0 Å². The molecule has 4 heteroatoms. The quantitative estimate of drug-likeness (QED) is 0.768. The Morgan fingerprint density at radius 3 is 2.88 bits per heavy atom. The first-order chi connectivity index (χ1) is 7.93. The van der Waals surface area contributed by atoms with Gasteiger partial charge in [-0.3, -0.25) is 4.79 Å². The van der Waals surface area contributed by atoms with E-state index in [1.807, 2.05) is 12.1 Å². The number of rotatable bonds is 2. The minimum atomic E-state index is -0.793. The minimum Gasteiger partial charge on any atom is -0.491 e. The number of fused-ring (bicyclic) bond motifs is 1. The molecule has 1 aromatic rings. The summed E-state index contributed by atoms with van der Waals surface area (Å²) in [5.41, 5.74) is 6.64. The SMILES string of the molecule is CC(C)(C(=O)O)C1COc2c(N)cccc2C1. The van der Waals surface area contributed by atoms with E-state index in [2.05, 4.69) is 0 Å². The molecule has 0 saturated heterocycles. The summed E-state index contributed by atoms with van der Waals surface area (Å²) in [6, 6.07) is 5.60. The zero-order valence-corrected chi connectivity index (χ0v) is 10.1. The maximum Gasteiger partial charge on any atom is 0.309 e. The highest BCUT2D eigenvalue weighted by molar-refractivity contribution is 5.74. The lowest BCUT2D eigenvalue weighted by Gasteiger charge is -2.34. The number of ether oxygens (including phenoxy) is 1. The number of hydrogen-bond acceptors (Lipinski definition) is 3. The molecular formula is C13H17NO3. The van der Waals surface area contributed by atoms with E-state index in [9.17, 15) is 9.90 Å². The zero-order valence-electron chi connectivity index (χ0n) is 10.1. The van der Waals surface area contributed by atoms with Crippen LogP contribution < -0.4 is 10.5 Å².